The first-order valence-corrected chi connectivity index (χ1v) is 9.49. The first-order valence-electron chi connectivity index (χ1n) is 9.49. The molecular weight excluding hydrogens is 330 g/mol. The van der Waals surface area contributed by atoms with E-state index < -0.39 is 0 Å². The lowest BCUT2D eigenvalue weighted by Crippen LogP contribution is -2.47. The van der Waals surface area contributed by atoms with Crippen LogP contribution in [0.3, 0.4) is 0 Å². The number of hydrogen-bond donors (Lipinski definition) is 1. The van der Waals surface area contributed by atoms with Crippen molar-refractivity contribution in [1.29, 1.82) is 0 Å². The van der Waals surface area contributed by atoms with Crippen LogP contribution in [0.4, 0.5) is 0 Å². The number of likely N-dealkylation sites (tertiary alicyclic amines) is 1. The van der Waals surface area contributed by atoms with E-state index in [4.69, 9.17) is 14.2 Å². The van der Waals surface area contributed by atoms with E-state index in [2.05, 4.69) is 28.2 Å². The van der Waals surface area contributed by atoms with E-state index in [1.807, 2.05) is 25.2 Å². The molecule has 0 saturated carbocycles. The summed E-state index contributed by atoms with van der Waals surface area (Å²) in [7, 11) is 3.56. The molecule has 1 N–H and O–H groups in total. The van der Waals surface area contributed by atoms with Gasteiger partial charge in [-0.1, -0.05) is 18.2 Å². The van der Waals surface area contributed by atoms with E-state index in [0.717, 1.165) is 69.4 Å². The predicted octanol–water partition coefficient (Wildman–Crippen LogP) is 2.47. The zero-order valence-electron chi connectivity index (χ0n) is 16.4. The molecule has 1 heterocycles. The van der Waals surface area contributed by atoms with Crippen molar-refractivity contribution >= 4 is 5.96 Å². The third-order valence-corrected chi connectivity index (χ3v) is 4.54. The topological polar surface area (TPSA) is 55.3 Å². The molecule has 0 atom stereocenters. The van der Waals surface area contributed by atoms with Crippen molar-refractivity contribution in [2.45, 2.75) is 32.3 Å². The van der Waals surface area contributed by atoms with Crippen LogP contribution in [0, 0.1) is 6.92 Å². The van der Waals surface area contributed by atoms with Crippen molar-refractivity contribution in [3.63, 3.8) is 0 Å². The molecule has 0 spiro atoms. The molecule has 6 heteroatoms. The standard InChI is InChI=1S/C20H33N3O3/c1-17-7-4-5-8-19(17)26-16-11-22-20(21-2)23-12-9-18(10-13-23)25-15-6-14-24-3/h4-5,7-8,18H,6,9-16H2,1-3H3,(H,21,22). The second kappa shape index (κ2) is 11.8. The van der Waals surface area contributed by atoms with Gasteiger partial charge in [0.25, 0.3) is 0 Å². The Labute approximate surface area is 157 Å². The van der Waals surface area contributed by atoms with Crippen molar-refractivity contribution < 1.29 is 14.2 Å². The average Bonchev–Trinajstić information content (AvgIpc) is 2.67. The third kappa shape index (κ3) is 6.84. The number of para-hydroxylation sites is 1. The lowest BCUT2D eigenvalue weighted by Gasteiger charge is -2.34. The van der Waals surface area contributed by atoms with Gasteiger partial charge in [-0.2, -0.15) is 0 Å². The highest BCUT2D eigenvalue weighted by Gasteiger charge is 2.21. The summed E-state index contributed by atoms with van der Waals surface area (Å²) in [4.78, 5) is 6.70. The van der Waals surface area contributed by atoms with Crippen LogP contribution < -0.4 is 10.1 Å². The molecule has 1 aromatic rings. The predicted molar refractivity (Wildman–Crippen MR) is 105 cm³/mol. The average molecular weight is 364 g/mol. The Balaban J connectivity index is 1.64. The van der Waals surface area contributed by atoms with Gasteiger partial charge >= 0.3 is 0 Å². The molecule has 6 nitrogen and oxygen atoms in total. The normalized spacial score (nSPS) is 16.0. The summed E-state index contributed by atoms with van der Waals surface area (Å²) in [6.07, 6.45) is 3.38. The van der Waals surface area contributed by atoms with E-state index >= 15 is 0 Å². The molecular formula is C20H33N3O3. The number of guanidine groups is 1. The summed E-state index contributed by atoms with van der Waals surface area (Å²) in [6, 6.07) is 8.08. The summed E-state index contributed by atoms with van der Waals surface area (Å²) in [6.45, 7) is 6.88. The monoisotopic (exact) mass is 363 g/mol. The van der Waals surface area contributed by atoms with Gasteiger partial charge in [-0.3, -0.25) is 4.99 Å². The first kappa shape index (κ1) is 20.5. The number of nitrogens with one attached hydrogen (secondary N) is 1. The fourth-order valence-electron chi connectivity index (χ4n) is 3.06. The van der Waals surface area contributed by atoms with Crippen molar-refractivity contribution in [2.24, 2.45) is 4.99 Å². The van der Waals surface area contributed by atoms with Gasteiger partial charge in [-0.25, -0.2) is 0 Å². The van der Waals surface area contributed by atoms with Crippen LogP contribution in [0.5, 0.6) is 5.75 Å². The molecule has 1 saturated heterocycles. The number of piperidine rings is 1. The van der Waals surface area contributed by atoms with Crippen LogP contribution >= 0.6 is 0 Å². The van der Waals surface area contributed by atoms with Crippen molar-refractivity contribution in [3.8, 4) is 5.75 Å². The van der Waals surface area contributed by atoms with E-state index in [0.29, 0.717) is 12.7 Å². The number of aryl methyl sites for hydroxylation is 1. The molecule has 0 aromatic heterocycles. The highest BCUT2D eigenvalue weighted by Crippen LogP contribution is 2.16. The summed E-state index contributed by atoms with van der Waals surface area (Å²) in [5.41, 5.74) is 1.16. The number of benzene rings is 1. The summed E-state index contributed by atoms with van der Waals surface area (Å²) >= 11 is 0. The fourth-order valence-corrected chi connectivity index (χ4v) is 3.06. The molecule has 1 fully saturated rings. The zero-order valence-corrected chi connectivity index (χ0v) is 16.4. The lowest BCUT2D eigenvalue weighted by molar-refractivity contribution is 0.00989. The van der Waals surface area contributed by atoms with Crippen molar-refractivity contribution in [1.82, 2.24) is 10.2 Å². The molecule has 0 bridgehead atoms. The molecule has 0 aliphatic carbocycles. The van der Waals surface area contributed by atoms with Crippen molar-refractivity contribution in [2.75, 3.05) is 53.6 Å². The van der Waals surface area contributed by atoms with Gasteiger partial charge in [0.1, 0.15) is 12.4 Å². The molecule has 26 heavy (non-hydrogen) atoms. The Morgan fingerprint density at radius 2 is 1.96 bits per heavy atom. The molecule has 146 valence electrons. The largest absolute Gasteiger partial charge is 0.491 e. The fraction of sp³-hybridized carbons (Fsp3) is 0.650. The van der Waals surface area contributed by atoms with Crippen LogP contribution in [-0.2, 0) is 9.47 Å². The van der Waals surface area contributed by atoms with E-state index in [-0.39, 0.29) is 0 Å². The van der Waals surface area contributed by atoms with Crippen LogP contribution in [0.1, 0.15) is 24.8 Å². The Morgan fingerprint density at radius 1 is 1.19 bits per heavy atom. The highest BCUT2D eigenvalue weighted by atomic mass is 16.5. The molecule has 0 radical (unpaired) electrons. The smallest absolute Gasteiger partial charge is 0.193 e. The van der Waals surface area contributed by atoms with E-state index in [9.17, 15) is 0 Å². The minimum Gasteiger partial charge on any atom is -0.491 e. The molecule has 0 unspecified atom stereocenters. The zero-order chi connectivity index (χ0) is 18.6. The van der Waals surface area contributed by atoms with Crippen LogP contribution in [0.2, 0.25) is 0 Å². The van der Waals surface area contributed by atoms with Crippen LogP contribution in [0.15, 0.2) is 29.3 Å². The molecule has 0 amide bonds. The minimum absolute atomic E-state index is 0.352. The molecule has 1 aromatic carbocycles. The lowest BCUT2D eigenvalue weighted by atomic mass is 10.1. The van der Waals surface area contributed by atoms with Crippen LogP contribution in [-0.4, -0.2) is 70.6 Å². The third-order valence-electron chi connectivity index (χ3n) is 4.54. The Bertz CT molecular complexity index is 543. The Kier molecular flexibility index (Phi) is 9.28. The van der Waals surface area contributed by atoms with Gasteiger partial charge in [-0.05, 0) is 37.8 Å². The number of rotatable bonds is 9. The van der Waals surface area contributed by atoms with Gasteiger partial charge in [0.2, 0.25) is 0 Å². The number of nitrogens with zero attached hydrogens (tertiary/aromatic N) is 2. The molecule has 1 aliphatic rings. The highest BCUT2D eigenvalue weighted by molar-refractivity contribution is 5.79. The number of methoxy groups -OCH3 is 1. The second-order valence-corrected chi connectivity index (χ2v) is 6.49. The van der Waals surface area contributed by atoms with Gasteiger partial charge in [0.15, 0.2) is 5.96 Å². The Hall–Kier alpha value is -1.79. The second-order valence-electron chi connectivity index (χ2n) is 6.49. The number of hydrogen-bond acceptors (Lipinski definition) is 4. The van der Waals surface area contributed by atoms with Crippen LogP contribution in [0.25, 0.3) is 0 Å². The Morgan fingerprint density at radius 3 is 2.65 bits per heavy atom. The molecule has 1 aliphatic heterocycles. The molecule has 2 rings (SSSR count). The quantitative estimate of drug-likeness (QED) is 0.415. The number of ether oxygens (including phenoxy) is 3. The summed E-state index contributed by atoms with van der Waals surface area (Å²) < 4.78 is 16.8. The van der Waals surface area contributed by atoms with Gasteiger partial charge in [0.05, 0.1) is 12.6 Å². The van der Waals surface area contributed by atoms with E-state index in [1.54, 1.807) is 7.11 Å². The number of aliphatic imine (C=N–C) groups is 1. The first-order chi connectivity index (χ1) is 12.7. The maximum atomic E-state index is 5.92. The van der Waals surface area contributed by atoms with Gasteiger partial charge < -0.3 is 24.4 Å². The maximum absolute atomic E-state index is 5.92. The van der Waals surface area contributed by atoms with Gasteiger partial charge in [0, 0.05) is 40.5 Å². The maximum Gasteiger partial charge on any atom is 0.193 e. The van der Waals surface area contributed by atoms with Crippen molar-refractivity contribution in [3.05, 3.63) is 29.8 Å². The van der Waals surface area contributed by atoms with Gasteiger partial charge in [-0.15, -0.1) is 0 Å². The summed E-state index contributed by atoms with van der Waals surface area (Å²) in [5.74, 6) is 1.88. The SMILES string of the molecule is CN=C(NCCOc1ccccc1C)N1CCC(OCCCOC)CC1. The minimum atomic E-state index is 0.352. The van der Waals surface area contributed by atoms with E-state index in [1.165, 1.54) is 0 Å². The summed E-state index contributed by atoms with van der Waals surface area (Å²) in [5, 5.41) is 3.40.